The number of nitrogens with one attached hydrogen (secondary N) is 1. The first-order valence-corrected chi connectivity index (χ1v) is 9.15. The Morgan fingerprint density at radius 2 is 2.08 bits per heavy atom. The van der Waals surface area contributed by atoms with Crippen molar-refractivity contribution < 1.29 is 14.7 Å². The van der Waals surface area contributed by atoms with Crippen molar-refractivity contribution in [1.82, 2.24) is 10.2 Å². The van der Waals surface area contributed by atoms with Gasteiger partial charge in [0.05, 0.1) is 5.92 Å². The maximum absolute atomic E-state index is 13.2. The molecule has 1 aromatic heterocycles. The van der Waals surface area contributed by atoms with Crippen molar-refractivity contribution >= 4 is 28.8 Å². The van der Waals surface area contributed by atoms with Crippen LogP contribution >= 0.6 is 11.3 Å². The van der Waals surface area contributed by atoms with Crippen LogP contribution in [0.4, 0.5) is 0 Å². The number of allylic oxidation sites excluding steroid dienone is 5. The summed E-state index contributed by atoms with van der Waals surface area (Å²) in [5, 5.41) is 17.4. The van der Waals surface area contributed by atoms with E-state index in [0.717, 1.165) is 18.4 Å². The molecule has 1 fully saturated rings. The average Bonchev–Trinajstić information content (AvgIpc) is 3.38. The second-order valence-corrected chi connectivity index (χ2v) is 7.16. The number of nitrogens with zero attached hydrogens (tertiary/aromatic N) is 1. The Morgan fingerprint density at radius 3 is 2.84 bits per heavy atom. The van der Waals surface area contributed by atoms with Crippen molar-refractivity contribution in [3.05, 3.63) is 63.7 Å². The molecule has 1 saturated carbocycles. The van der Waals surface area contributed by atoms with Gasteiger partial charge in [-0.3, -0.25) is 9.59 Å². The third-order valence-corrected chi connectivity index (χ3v) is 5.55. The zero-order chi connectivity index (χ0) is 17.6. The van der Waals surface area contributed by atoms with E-state index in [-0.39, 0.29) is 23.2 Å². The molecule has 0 spiro atoms. The van der Waals surface area contributed by atoms with E-state index in [4.69, 9.17) is 0 Å². The lowest BCUT2D eigenvalue weighted by Gasteiger charge is -2.27. The van der Waals surface area contributed by atoms with Crippen LogP contribution in [0.15, 0.2) is 52.5 Å². The molecule has 1 aromatic rings. The van der Waals surface area contributed by atoms with Crippen LogP contribution in [0.1, 0.15) is 29.9 Å². The van der Waals surface area contributed by atoms with Gasteiger partial charge < -0.3 is 15.3 Å². The minimum atomic E-state index is -0.615. The smallest absolute Gasteiger partial charge is 0.261 e. The summed E-state index contributed by atoms with van der Waals surface area (Å²) in [5.74, 6) is -1.57. The maximum atomic E-state index is 13.2. The largest absolute Gasteiger partial charge is 0.506 e. The van der Waals surface area contributed by atoms with Crippen LogP contribution in [0.25, 0.3) is 5.76 Å². The van der Waals surface area contributed by atoms with E-state index in [2.05, 4.69) is 5.32 Å². The maximum Gasteiger partial charge on any atom is 0.261 e. The molecule has 1 unspecified atom stereocenters. The van der Waals surface area contributed by atoms with Crippen molar-refractivity contribution in [2.45, 2.75) is 24.8 Å². The van der Waals surface area contributed by atoms with Crippen LogP contribution in [0, 0.1) is 0 Å². The number of thiophene rings is 1. The Labute approximate surface area is 149 Å². The van der Waals surface area contributed by atoms with Crippen molar-refractivity contribution in [3.8, 4) is 0 Å². The Bertz CT molecular complexity index is 871. The van der Waals surface area contributed by atoms with Crippen molar-refractivity contribution in [1.29, 1.82) is 0 Å². The Kier molecular flexibility index (Phi) is 3.84. The average molecular weight is 354 g/mol. The molecule has 4 rings (SSSR count). The second-order valence-electron chi connectivity index (χ2n) is 6.42. The van der Waals surface area contributed by atoms with Crippen LogP contribution in [-0.2, 0) is 9.59 Å². The number of rotatable bonds is 3. The topological polar surface area (TPSA) is 69.6 Å². The number of hydrogen-bond acceptors (Lipinski definition) is 5. The van der Waals surface area contributed by atoms with Crippen molar-refractivity contribution in [2.75, 3.05) is 7.05 Å². The number of likely N-dealkylation sites (N-methyl/N-ethyl adjacent to an activating group) is 1. The molecule has 1 atom stereocenters. The highest BCUT2D eigenvalue weighted by Gasteiger charge is 2.43. The lowest BCUT2D eigenvalue weighted by atomic mass is 9.80. The van der Waals surface area contributed by atoms with Crippen molar-refractivity contribution in [2.24, 2.45) is 0 Å². The Morgan fingerprint density at radius 1 is 1.28 bits per heavy atom. The normalized spacial score (nSPS) is 22.2. The minimum Gasteiger partial charge on any atom is -0.506 e. The Hall–Kier alpha value is -2.60. The van der Waals surface area contributed by atoms with Crippen molar-refractivity contribution in [3.63, 3.8) is 0 Å². The minimum absolute atomic E-state index is 0.106. The fourth-order valence-corrected chi connectivity index (χ4v) is 4.09. The molecule has 128 valence electrons. The summed E-state index contributed by atoms with van der Waals surface area (Å²) in [7, 11) is 1.69. The Balaban J connectivity index is 1.80. The zero-order valence-electron chi connectivity index (χ0n) is 13.7. The third-order valence-electron chi connectivity index (χ3n) is 4.79. The number of ketones is 1. The van der Waals surface area contributed by atoms with Gasteiger partial charge in [-0.2, -0.15) is 11.3 Å². The molecule has 0 radical (unpaired) electrons. The summed E-state index contributed by atoms with van der Waals surface area (Å²) < 4.78 is 0. The number of amides is 1. The zero-order valence-corrected chi connectivity index (χ0v) is 14.5. The van der Waals surface area contributed by atoms with Crippen LogP contribution in [-0.4, -0.2) is 34.8 Å². The highest BCUT2D eigenvalue weighted by molar-refractivity contribution is 7.08. The van der Waals surface area contributed by atoms with Crippen LogP contribution < -0.4 is 5.32 Å². The standard InChI is InChI=1S/C19H18N2O3S/c1-21(11-6-7-11)19(24)16-17(22)13-10-25-9-12(13)15(18(16)23)14-5-3-2-4-8-20-14/h2-5,8-11,15,20,22H,6-7H2,1H3. The molecule has 0 bridgehead atoms. The number of hydrogen-bond donors (Lipinski definition) is 2. The van der Waals surface area contributed by atoms with Gasteiger partial charge in [-0.05, 0) is 35.9 Å². The lowest BCUT2D eigenvalue weighted by molar-refractivity contribution is -0.129. The molecule has 1 amide bonds. The molecule has 3 aliphatic rings. The fourth-order valence-electron chi connectivity index (χ4n) is 3.23. The van der Waals surface area contributed by atoms with Gasteiger partial charge in [0.25, 0.3) is 5.91 Å². The number of carbonyl (C=O) groups is 2. The summed E-state index contributed by atoms with van der Waals surface area (Å²) in [6, 6.07) is 0.170. The number of carbonyl (C=O) groups excluding carboxylic acids is 2. The van der Waals surface area contributed by atoms with E-state index >= 15 is 0 Å². The highest BCUT2D eigenvalue weighted by atomic mass is 32.1. The fraction of sp³-hybridized carbons (Fsp3) is 0.263. The van der Waals surface area contributed by atoms with Gasteiger partial charge in [-0.25, -0.2) is 0 Å². The first kappa shape index (κ1) is 15.9. The predicted molar refractivity (Wildman–Crippen MR) is 96.9 cm³/mol. The molecule has 6 heteroatoms. The summed E-state index contributed by atoms with van der Waals surface area (Å²) >= 11 is 1.41. The third kappa shape index (κ3) is 2.62. The second kappa shape index (κ2) is 6.04. The van der Waals surface area contributed by atoms with Gasteiger partial charge >= 0.3 is 0 Å². The van der Waals surface area contributed by atoms with E-state index in [1.807, 2.05) is 29.7 Å². The monoisotopic (exact) mass is 354 g/mol. The van der Waals surface area contributed by atoms with Gasteiger partial charge in [0.15, 0.2) is 5.78 Å². The molecule has 1 aliphatic heterocycles. The molecule has 0 saturated heterocycles. The first-order valence-electron chi connectivity index (χ1n) is 8.20. The number of Topliss-reactive ketones (excluding diaryl/α,β-unsaturated/α-hetero) is 1. The number of aliphatic hydroxyl groups is 1. The van der Waals surface area contributed by atoms with Crippen LogP contribution in [0.3, 0.4) is 0 Å². The quantitative estimate of drug-likeness (QED) is 0.819. The van der Waals surface area contributed by atoms with Gasteiger partial charge in [-0.1, -0.05) is 12.2 Å². The van der Waals surface area contributed by atoms with Crippen LogP contribution in [0.5, 0.6) is 0 Å². The van der Waals surface area contributed by atoms with Gasteiger partial charge in [0, 0.05) is 35.9 Å². The predicted octanol–water partition coefficient (Wildman–Crippen LogP) is 2.86. The molecule has 2 heterocycles. The molecule has 5 nitrogen and oxygen atoms in total. The molecular weight excluding hydrogens is 336 g/mol. The SMILES string of the molecule is CN(C(=O)C1=C(O)c2cscc2C(C2=CC=CC=CN2)C1=O)C1CC1. The molecule has 0 aromatic carbocycles. The van der Waals surface area contributed by atoms with E-state index in [0.29, 0.717) is 11.3 Å². The first-order chi connectivity index (χ1) is 12.1. The number of fused-ring (bicyclic) bond motifs is 1. The summed E-state index contributed by atoms with van der Waals surface area (Å²) in [6.07, 6.45) is 11.0. The molecule has 2 N–H and O–H groups in total. The molecule has 25 heavy (non-hydrogen) atoms. The van der Waals surface area contributed by atoms with E-state index in [1.165, 1.54) is 11.3 Å². The van der Waals surface area contributed by atoms with E-state index in [9.17, 15) is 14.7 Å². The highest BCUT2D eigenvalue weighted by Crippen LogP contribution is 2.41. The summed E-state index contributed by atoms with van der Waals surface area (Å²) in [4.78, 5) is 27.6. The van der Waals surface area contributed by atoms with E-state index < -0.39 is 11.8 Å². The van der Waals surface area contributed by atoms with Gasteiger partial charge in [0.1, 0.15) is 11.3 Å². The summed E-state index contributed by atoms with van der Waals surface area (Å²) in [6.45, 7) is 0. The lowest BCUT2D eigenvalue weighted by Crippen LogP contribution is -2.37. The number of aliphatic hydroxyl groups excluding tert-OH is 1. The van der Waals surface area contributed by atoms with Crippen LogP contribution in [0.2, 0.25) is 0 Å². The van der Waals surface area contributed by atoms with Gasteiger partial charge in [0.2, 0.25) is 0 Å². The summed E-state index contributed by atoms with van der Waals surface area (Å²) in [5.41, 5.74) is 1.90. The van der Waals surface area contributed by atoms with Gasteiger partial charge in [-0.15, -0.1) is 0 Å². The molecular formula is C19H18N2O3S. The molecule has 2 aliphatic carbocycles. The van der Waals surface area contributed by atoms with E-state index in [1.54, 1.807) is 23.5 Å².